The summed E-state index contributed by atoms with van der Waals surface area (Å²) in [6.07, 6.45) is 2.94. The van der Waals surface area contributed by atoms with E-state index in [1.807, 2.05) is 31.6 Å². The molecule has 0 saturated carbocycles. The molecule has 7 nitrogen and oxygen atoms in total. The van der Waals surface area contributed by atoms with Crippen LogP contribution < -0.4 is 15.4 Å². The molecule has 1 amide bonds. The minimum absolute atomic E-state index is 0.0622. The zero-order valence-corrected chi connectivity index (χ0v) is 14.5. The first-order valence-electron chi connectivity index (χ1n) is 8.38. The van der Waals surface area contributed by atoms with Gasteiger partial charge in [0.15, 0.2) is 0 Å². The fraction of sp³-hybridized carbons (Fsp3) is 0.444. The molecule has 1 aliphatic heterocycles. The fourth-order valence-corrected chi connectivity index (χ4v) is 3.32. The average molecular weight is 344 g/mol. The van der Waals surface area contributed by atoms with Gasteiger partial charge in [-0.15, -0.1) is 0 Å². The Morgan fingerprint density at radius 2 is 2.28 bits per heavy atom. The summed E-state index contributed by atoms with van der Waals surface area (Å²) >= 11 is 0. The van der Waals surface area contributed by atoms with E-state index < -0.39 is 6.10 Å². The Bertz CT molecular complexity index is 731. The lowest BCUT2D eigenvalue weighted by Crippen LogP contribution is -2.36. The monoisotopic (exact) mass is 344 g/mol. The van der Waals surface area contributed by atoms with Crippen molar-refractivity contribution < 1.29 is 14.6 Å². The van der Waals surface area contributed by atoms with Gasteiger partial charge in [-0.05, 0) is 11.6 Å². The van der Waals surface area contributed by atoms with Crippen molar-refractivity contribution in [2.75, 3.05) is 26.7 Å². The van der Waals surface area contributed by atoms with Crippen molar-refractivity contribution in [2.24, 2.45) is 13.0 Å². The van der Waals surface area contributed by atoms with Gasteiger partial charge in [-0.1, -0.05) is 18.2 Å². The number of aromatic nitrogens is 2. The number of nitrogens with one attached hydrogen (secondary N) is 2. The van der Waals surface area contributed by atoms with Crippen LogP contribution in [0.3, 0.4) is 0 Å². The molecule has 1 unspecified atom stereocenters. The highest BCUT2D eigenvalue weighted by molar-refractivity contribution is 5.80. The standard InChI is InChI=1S/C18H24N4O3/c1-22-11-12(7-21-22)14-8-19-9-15(14)18(24)20-10-16(23)13-5-3-4-6-17(13)25-2/h3-7,11,14-16,19,23H,8-10H2,1-2H3,(H,20,24)/t14-,15+,16?/m1/s1. The third-order valence-electron chi connectivity index (χ3n) is 4.67. The van der Waals surface area contributed by atoms with Gasteiger partial charge in [0.05, 0.1) is 25.3 Å². The van der Waals surface area contributed by atoms with Crippen molar-refractivity contribution in [2.45, 2.75) is 12.0 Å². The van der Waals surface area contributed by atoms with E-state index in [9.17, 15) is 9.90 Å². The Kier molecular flexibility index (Phi) is 5.35. The number of aryl methyl sites for hydroxylation is 1. The Hall–Kier alpha value is -2.38. The van der Waals surface area contributed by atoms with Gasteiger partial charge in [-0.2, -0.15) is 5.10 Å². The van der Waals surface area contributed by atoms with Crippen LogP contribution in [0.1, 0.15) is 23.1 Å². The van der Waals surface area contributed by atoms with E-state index in [0.717, 1.165) is 12.1 Å². The minimum Gasteiger partial charge on any atom is -0.496 e. The maximum absolute atomic E-state index is 12.6. The van der Waals surface area contributed by atoms with E-state index in [1.54, 1.807) is 23.9 Å². The molecule has 0 radical (unpaired) electrons. The van der Waals surface area contributed by atoms with Gasteiger partial charge >= 0.3 is 0 Å². The van der Waals surface area contributed by atoms with Crippen LogP contribution in [0.25, 0.3) is 0 Å². The molecule has 2 aromatic rings. The molecule has 134 valence electrons. The number of hydrogen-bond acceptors (Lipinski definition) is 5. The van der Waals surface area contributed by atoms with Crippen LogP contribution in [0.4, 0.5) is 0 Å². The highest BCUT2D eigenvalue weighted by Crippen LogP contribution is 2.28. The number of rotatable bonds is 6. The molecule has 1 aliphatic rings. The molecule has 0 spiro atoms. The lowest BCUT2D eigenvalue weighted by atomic mass is 9.90. The molecule has 3 rings (SSSR count). The number of hydrogen-bond donors (Lipinski definition) is 3. The lowest BCUT2D eigenvalue weighted by molar-refractivity contribution is -0.125. The number of aliphatic hydroxyl groups excluding tert-OH is 1. The molecule has 0 bridgehead atoms. The van der Waals surface area contributed by atoms with E-state index in [1.165, 1.54) is 0 Å². The highest BCUT2D eigenvalue weighted by atomic mass is 16.5. The zero-order chi connectivity index (χ0) is 17.8. The van der Waals surface area contributed by atoms with Gasteiger partial charge in [0, 0.05) is 44.4 Å². The Morgan fingerprint density at radius 1 is 1.48 bits per heavy atom. The molecule has 1 aromatic carbocycles. The molecule has 1 fully saturated rings. The van der Waals surface area contributed by atoms with E-state index in [4.69, 9.17) is 4.74 Å². The maximum Gasteiger partial charge on any atom is 0.225 e. The van der Waals surface area contributed by atoms with Crippen molar-refractivity contribution in [3.8, 4) is 5.75 Å². The van der Waals surface area contributed by atoms with Crippen molar-refractivity contribution in [3.63, 3.8) is 0 Å². The normalized spacial score (nSPS) is 21.1. The van der Waals surface area contributed by atoms with Crippen molar-refractivity contribution >= 4 is 5.91 Å². The van der Waals surface area contributed by atoms with E-state index in [-0.39, 0.29) is 24.3 Å². The predicted molar refractivity (Wildman–Crippen MR) is 93.3 cm³/mol. The van der Waals surface area contributed by atoms with E-state index in [0.29, 0.717) is 17.9 Å². The summed E-state index contributed by atoms with van der Waals surface area (Å²) in [4.78, 5) is 12.6. The fourth-order valence-electron chi connectivity index (χ4n) is 3.32. The number of nitrogens with zero attached hydrogens (tertiary/aromatic N) is 2. The first-order valence-corrected chi connectivity index (χ1v) is 8.38. The summed E-state index contributed by atoms with van der Waals surface area (Å²) in [7, 11) is 3.43. The lowest BCUT2D eigenvalue weighted by Gasteiger charge is -2.19. The smallest absolute Gasteiger partial charge is 0.225 e. The van der Waals surface area contributed by atoms with Crippen LogP contribution in [0.2, 0.25) is 0 Å². The third kappa shape index (κ3) is 3.83. The summed E-state index contributed by atoms with van der Waals surface area (Å²) in [6.45, 7) is 1.52. The summed E-state index contributed by atoms with van der Waals surface area (Å²) in [5.74, 6) is 0.471. The second-order valence-electron chi connectivity index (χ2n) is 6.32. The molecule has 7 heteroatoms. The molecular formula is C18H24N4O3. The number of ether oxygens (including phenoxy) is 1. The molecule has 25 heavy (non-hydrogen) atoms. The van der Waals surface area contributed by atoms with E-state index >= 15 is 0 Å². The molecule has 2 heterocycles. The van der Waals surface area contributed by atoms with Crippen LogP contribution in [0, 0.1) is 5.92 Å². The van der Waals surface area contributed by atoms with Gasteiger partial charge in [-0.25, -0.2) is 0 Å². The van der Waals surface area contributed by atoms with Gasteiger partial charge in [-0.3, -0.25) is 9.48 Å². The quantitative estimate of drug-likeness (QED) is 0.713. The maximum atomic E-state index is 12.6. The summed E-state index contributed by atoms with van der Waals surface area (Å²) in [6, 6.07) is 7.27. The van der Waals surface area contributed by atoms with Crippen molar-refractivity contribution in [1.29, 1.82) is 0 Å². The number of carbonyl (C=O) groups is 1. The molecule has 3 N–H and O–H groups in total. The number of carbonyl (C=O) groups excluding carboxylic acids is 1. The molecule has 3 atom stereocenters. The predicted octanol–water partition coefficient (Wildman–Crippen LogP) is 0.581. The van der Waals surface area contributed by atoms with Crippen LogP contribution in [-0.4, -0.2) is 47.5 Å². The highest BCUT2D eigenvalue weighted by Gasteiger charge is 2.34. The van der Waals surface area contributed by atoms with Gasteiger partial charge in [0.25, 0.3) is 0 Å². The number of para-hydroxylation sites is 1. The SMILES string of the molecule is COc1ccccc1C(O)CNC(=O)[C@H]1CNC[C@@H]1c1cnn(C)c1. The van der Waals surface area contributed by atoms with Crippen molar-refractivity contribution in [1.82, 2.24) is 20.4 Å². The molecule has 1 saturated heterocycles. The van der Waals surface area contributed by atoms with Crippen LogP contribution in [-0.2, 0) is 11.8 Å². The minimum atomic E-state index is -0.814. The van der Waals surface area contributed by atoms with E-state index in [2.05, 4.69) is 15.7 Å². The Morgan fingerprint density at radius 3 is 3.00 bits per heavy atom. The third-order valence-corrected chi connectivity index (χ3v) is 4.67. The number of amides is 1. The van der Waals surface area contributed by atoms with Crippen LogP contribution >= 0.6 is 0 Å². The van der Waals surface area contributed by atoms with Crippen LogP contribution in [0.5, 0.6) is 5.75 Å². The largest absolute Gasteiger partial charge is 0.496 e. The first-order chi connectivity index (χ1) is 12.1. The van der Waals surface area contributed by atoms with Gasteiger partial charge in [0.1, 0.15) is 5.75 Å². The second-order valence-corrected chi connectivity index (χ2v) is 6.32. The first kappa shape index (κ1) is 17.4. The topological polar surface area (TPSA) is 88.4 Å². The Labute approximate surface area is 147 Å². The molecule has 1 aromatic heterocycles. The summed E-state index contributed by atoms with van der Waals surface area (Å²) in [5.41, 5.74) is 1.72. The van der Waals surface area contributed by atoms with Crippen LogP contribution in [0.15, 0.2) is 36.7 Å². The van der Waals surface area contributed by atoms with Gasteiger partial charge < -0.3 is 20.5 Å². The summed E-state index contributed by atoms with van der Waals surface area (Å²) in [5, 5.41) is 20.7. The van der Waals surface area contributed by atoms with Gasteiger partial charge in [0.2, 0.25) is 5.91 Å². The Balaban J connectivity index is 1.62. The second kappa shape index (κ2) is 7.67. The number of methoxy groups -OCH3 is 1. The summed E-state index contributed by atoms with van der Waals surface area (Å²) < 4.78 is 7.00. The number of benzene rings is 1. The number of aliphatic hydroxyl groups is 1. The zero-order valence-electron chi connectivity index (χ0n) is 14.5. The molecular weight excluding hydrogens is 320 g/mol. The average Bonchev–Trinajstić information content (AvgIpc) is 3.28. The molecule has 0 aliphatic carbocycles. The van der Waals surface area contributed by atoms with Crippen molar-refractivity contribution in [3.05, 3.63) is 47.8 Å².